The average Bonchev–Trinajstić information content (AvgIpc) is 2.68. The van der Waals surface area contributed by atoms with Crippen LogP contribution in [0.4, 0.5) is 0 Å². The number of pyridine rings is 1. The second-order valence-corrected chi connectivity index (χ2v) is 3.82. The van der Waals surface area contributed by atoms with Crippen LogP contribution in [-0.2, 0) is 6.42 Å². The summed E-state index contributed by atoms with van der Waals surface area (Å²) < 4.78 is 0. The zero-order valence-corrected chi connectivity index (χ0v) is 8.50. The van der Waals surface area contributed by atoms with Crippen molar-refractivity contribution in [3.05, 3.63) is 34.8 Å². The van der Waals surface area contributed by atoms with Crippen molar-refractivity contribution < 1.29 is 0 Å². The van der Waals surface area contributed by atoms with E-state index >= 15 is 0 Å². The lowest BCUT2D eigenvalue weighted by Crippen LogP contribution is -2.02. The minimum atomic E-state index is 0.648. The maximum Gasteiger partial charge on any atom is 0.0998 e. The first kappa shape index (κ1) is 9.30. The normalized spacial score (nSPS) is 10.4. The highest BCUT2D eigenvalue weighted by molar-refractivity contribution is 7.09. The van der Waals surface area contributed by atoms with Crippen LogP contribution in [-0.4, -0.2) is 16.5 Å². The van der Waals surface area contributed by atoms with Gasteiger partial charge in [-0.15, -0.1) is 11.3 Å². The van der Waals surface area contributed by atoms with Gasteiger partial charge in [0.2, 0.25) is 0 Å². The molecule has 2 heterocycles. The molecule has 0 radical (unpaired) electrons. The lowest BCUT2D eigenvalue weighted by molar-refractivity contribution is 0.953. The molecule has 0 aliphatic heterocycles. The SMILES string of the molecule is NCCc1nc(-c2ccccn2)cs1. The molecule has 2 N–H and O–H groups in total. The molecule has 0 atom stereocenters. The fourth-order valence-electron chi connectivity index (χ4n) is 1.18. The Morgan fingerprint density at radius 2 is 2.21 bits per heavy atom. The summed E-state index contributed by atoms with van der Waals surface area (Å²) in [4.78, 5) is 8.68. The van der Waals surface area contributed by atoms with E-state index in [0.717, 1.165) is 22.8 Å². The van der Waals surface area contributed by atoms with Crippen LogP contribution in [0.3, 0.4) is 0 Å². The van der Waals surface area contributed by atoms with Crippen molar-refractivity contribution in [1.29, 1.82) is 0 Å². The van der Waals surface area contributed by atoms with Crippen LogP contribution in [0, 0.1) is 0 Å². The highest BCUT2D eigenvalue weighted by Gasteiger charge is 2.03. The van der Waals surface area contributed by atoms with Gasteiger partial charge in [0.15, 0.2) is 0 Å². The summed E-state index contributed by atoms with van der Waals surface area (Å²) in [6, 6.07) is 5.82. The van der Waals surface area contributed by atoms with Gasteiger partial charge >= 0.3 is 0 Å². The van der Waals surface area contributed by atoms with Crippen LogP contribution in [0.2, 0.25) is 0 Å². The van der Waals surface area contributed by atoms with Crippen molar-refractivity contribution in [2.75, 3.05) is 6.54 Å². The largest absolute Gasteiger partial charge is 0.330 e. The summed E-state index contributed by atoms with van der Waals surface area (Å²) in [7, 11) is 0. The summed E-state index contributed by atoms with van der Waals surface area (Å²) in [6.07, 6.45) is 2.62. The van der Waals surface area contributed by atoms with Crippen LogP contribution < -0.4 is 5.73 Å². The van der Waals surface area contributed by atoms with Crippen LogP contribution >= 0.6 is 11.3 Å². The van der Waals surface area contributed by atoms with Crippen LogP contribution in [0.25, 0.3) is 11.4 Å². The molecule has 0 aliphatic carbocycles. The minimum Gasteiger partial charge on any atom is -0.330 e. The molecule has 0 saturated heterocycles. The third-order valence-corrected chi connectivity index (χ3v) is 2.75. The summed E-state index contributed by atoms with van der Waals surface area (Å²) in [5, 5.41) is 3.10. The second kappa shape index (κ2) is 4.30. The third-order valence-electron chi connectivity index (χ3n) is 1.84. The van der Waals surface area contributed by atoms with E-state index in [1.165, 1.54) is 0 Å². The van der Waals surface area contributed by atoms with Gasteiger partial charge in [0.1, 0.15) is 0 Å². The fraction of sp³-hybridized carbons (Fsp3) is 0.200. The van der Waals surface area contributed by atoms with Gasteiger partial charge in [-0.25, -0.2) is 4.98 Å². The number of rotatable bonds is 3. The molecule has 14 heavy (non-hydrogen) atoms. The van der Waals surface area contributed by atoms with E-state index in [1.807, 2.05) is 23.6 Å². The van der Waals surface area contributed by atoms with Crippen molar-refractivity contribution >= 4 is 11.3 Å². The lowest BCUT2D eigenvalue weighted by atomic mass is 10.3. The number of hydrogen-bond donors (Lipinski definition) is 1. The molecule has 0 saturated carbocycles. The van der Waals surface area contributed by atoms with Gasteiger partial charge < -0.3 is 5.73 Å². The monoisotopic (exact) mass is 205 g/mol. The van der Waals surface area contributed by atoms with Crippen molar-refractivity contribution in [3.63, 3.8) is 0 Å². The molecule has 0 bridgehead atoms. The molecule has 0 fully saturated rings. The van der Waals surface area contributed by atoms with Gasteiger partial charge in [0, 0.05) is 18.0 Å². The van der Waals surface area contributed by atoms with E-state index in [4.69, 9.17) is 5.73 Å². The maximum absolute atomic E-state index is 5.46. The molecule has 0 amide bonds. The lowest BCUT2D eigenvalue weighted by Gasteiger charge is -1.93. The van der Waals surface area contributed by atoms with Gasteiger partial charge in [-0.3, -0.25) is 4.98 Å². The maximum atomic E-state index is 5.46. The average molecular weight is 205 g/mol. The van der Waals surface area contributed by atoms with E-state index in [1.54, 1.807) is 17.5 Å². The highest BCUT2D eigenvalue weighted by Crippen LogP contribution is 2.19. The first-order valence-electron chi connectivity index (χ1n) is 4.46. The van der Waals surface area contributed by atoms with E-state index in [0.29, 0.717) is 6.54 Å². The Morgan fingerprint density at radius 1 is 1.29 bits per heavy atom. The highest BCUT2D eigenvalue weighted by atomic mass is 32.1. The Balaban J connectivity index is 2.25. The summed E-state index contributed by atoms with van der Waals surface area (Å²) >= 11 is 1.64. The number of aromatic nitrogens is 2. The molecule has 72 valence electrons. The Hall–Kier alpha value is -1.26. The molecule has 2 aromatic rings. The molecule has 0 aliphatic rings. The molecule has 0 unspecified atom stereocenters. The van der Waals surface area contributed by atoms with Crippen molar-refractivity contribution in [2.24, 2.45) is 5.73 Å². The predicted octanol–water partition coefficient (Wildman–Crippen LogP) is 1.71. The molecule has 0 aromatic carbocycles. The minimum absolute atomic E-state index is 0.648. The number of thiazole rings is 1. The van der Waals surface area contributed by atoms with Gasteiger partial charge in [0.05, 0.1) is 16.4 Å². The predicted molar refractivity (Wildman–Crippen MR) is 58.1 cm³/mol. The van der Waals surface area contributed by atoms with Crippen LogP contribution in [0.5, 0.6) is 0 Å². The smallest absolute Gasteiger partial charge is 0.0998 e. The topological polar surface area (TPSA) is 51.8 Å². The molecule has 2 rings (SSSR count). The van der Waals surface area contributed by atoms with E-state index in [9.17, 15) is 0 Å². The van der Waals surface area contributed by atoms with Gasteiger partial charge in [-0.2, -0.15) is 0 Å². The molecule has 2 aromatic heterocycles. The summed E-state index contributed by atoms with van der Waals surface area (Å²) in [5.74, 6) is 0. The standard InChI is InChI=1S/C10H11N3S/c11-5-4-10-13-9(7-14-10)8-3-1-2-6-12-8/h1-3,6-7H,4-5,11H2. The molecule has 4 heteroatoms. The zero-order chi connectivity index (χ0) is 9.80. The third kappa shape index (κ3) is 1.97. The van der Waals surface area contributed by atoms with Crippen LogP contribution in [0.15, 0.2) is 29.8 Å². The van der Waals surface area contributed by atoms with E-state index < -0.39 is 0 Å². The van der Waals surface area contributed by atoms with Gasteiger partial charge in [-0.1, -0.05) is 6.07 Å². The molecule has 0 spiro atoms. The van der Waals surface area contributed by atoms with Crippen molar-refractivity contribution in [2.45, 2.75) is 6.42 Å². The number of nitrogens with two attached hydrogens (primary N) is 1. The first-order valence-corrected chi connectivity index (χ1v) is 5.34. The number of hydrogen-bond acceptors (Lipinski definition) is 4. The van der Waals surface area contributed by atoms with E-state index in [-0.39, 0.29) is 0 Å². The molecular weight excluding hydrogens is 194 g/mol. The summed E-state index contributed by atoms with van der Waals surface area (Å²) in [6.45, 7) is 0.648. The molecular formula is C10H11N3S. The Labute approximate surface area is 86.6 Å². The summed E-state index contributed by atoms with van der Waals surface area (Å²) in [5.41, 5.74) is 7.33. The van der Waals surface area contributed by atoms with Crippen molar-refractivity contribution in [1.82, 2.24) is 9.97 Å². The van der Waals surface area contributed by atoms with Gasteiger partial charge in [0.25, 0.3) is 0 Å². The van der Waals surface area contributed by atoms with E-state index in [2.05, 4.69) is 9.97 Å². The Kier molecular flexibility index (Phi) is 2.86. The fourth-order valence-corrected chi connectivity index (χ4v) is 1.99. The Bertz CT molecular complexity index is 397. The zero-order valence-electron chi connectivity index (χ0n) is 7.68. The van der Waals surface area contributed by atoms with Crippen LogP contribution in [0.1, 0.15) is 5.01 Å². The molecule has 3 nitrogen and oxygen atoms in total. The van der Waals surface area contributed by atoms with Gasteiger partial charge in [-0.05, 0) is 18.7 Å². The number of nitrogens with zero attached hydrogens (tertiary/aromatic N) is 2. The Morgan fingerprint density at radius 3 is 2.93 bits per heavy atom. The second-order valence-electron chi connectivity index (χ2n) is 2.88. The van der Waals surface area contributed by atoms with Crippen molar-refractivity contribution in [3.8, 4) is 11.4 Å². The quantitative estimate of drug-likeness (QED) is 0.829. The first-order chi connectivity index (χ1) is 6.90.